The van der Waals surface area contributed by atoms with Crippen molar-refractivity contribution in [3.63, 3.8) is 0 Å². The minimum atomic E-state index is -0.561. The van der Waals surface area contributed by atoms with Gasteiger partial charge in [0, 0.05) is 17.6 Å². The third-order valence-corrected chi connectivity index (χ3v) is 3.59. The van der Waals surface area contributed by atoms with Crippen molar-refractivity contribution in [2.75, 3.05) is 0 Å². The van der Waals surface area contributed by atoms with E-state index in [9.17, 15) is 9.59 Å². The smallest absolute Gasteiger partial charge is 0.262 e. The fourth-order valence-corrected chi connectivity index (χ4v) is 2.36. The van der Waals surface area contributed by atoms with Crippen molar-refractivity contribution < 1.29 is 13.8 Å². The minimum Gasteiger partial charge on any atom is -0.361 e. The fraction of sp³-hybridized carbons (Fsp3) is 0.125. The molecule has 26 heavy (non-hydrogen) atoms. The molecule has 10 nitrogen and oxygen atoms in total. The maximum absolute atomic E-state index is 12.3. The molecule has 0 aliphatic carbocycles. The van der Waals surface area contributed by atoms with E-state index >= 15 is 0 Å². The van der Waals surface area contributed by atoms with E-state index in [0.29, 0.717) is 22.5 Å². The lowest BCUT2D eigenvalue weighted by Crippen LogP contribution is -2.29. The van der Waals surface area contributed by atoms with Gasteiger partial charge < -0.3 is 19.3 Å². The summed E-state index contributed by atoms with van der Waals surface area (Å²) in [6.07, 6.45) is 1.56. The highest BCUT2D eigenvalue weighted by atomic mass is 16.5. The monoisotopic (exact) mass is 352 g/mol. The summed E-state index contributed by atoms with van der Waals surface area (Å²) in [5.41, 5.74) is 0.288. The molecule has 10 heteroatoms. The van der Waals surface area contributed by atoms with Gasteiger partial charge in [-0.2, -0.15) is 4.98 Å². The second-order valence-corrected chi connectivity index (χ2v) is 5.47. The van der Waals surface area contributed by atoms with Gasteiger partial charge in [-0.3, -0.25) is 9.59 Å². The van der Waals surface area contributed by atoms with Crippen LogP contribution < -0.4 is 10.9 Å². The Hall–Kier alpha value is -3.82. The summed E-state index contributed by atoms with van der Waals surface area (Å²) in [7, 11) is 0. The molecule has 0 saturated heterocycles. The third kappa shape index (κ3) is 2.95. The van der Waals surface area contributed by atoms with Crippen molar-refractivity contribution >= 4 is 16.9 Å². The standard InChI is InChI=1S/C16H12N6O4/c1-8-5-11(21-25-8)14-19-12(26-22-14)7-18-15(23)10-6-9-3-2-4-17-13(9)20-16(10)24/h2-6H,7H2,1H3,(H,18,23)(H,17,20,24). The molecule has 2 N–H and O–H groups in total. The largest absolute Gasteiger partial charge is 0.361 e. The van der Waals surface area contributed by atoms with E-state index in [4.69, 9.17) is 9.05 Å². The van der Waals surface area contributed by atoms with Crippen molar-refractivity contribution in [2.45, 2.75) is 13.5 Å². The molecule has 0 saturated carbocycles. The predicted octanol–water partition coefficient (Wildman–Crippen LogP) is 1.20. The zero-order valence-electron chi connectivity index (χ0n) is 13.5. The Morgan fingerprint density at radius 2 is 2.15 bits per heavy atom. The average Bonchev–Trinajstić information content (AvgIpc) is 3.28. The lowest BCUT2D eigenvalue weighted by Gasteiger charge is -2.03. The number of rotatable bonds is 4. The molecule has 4 aromatic heterocycles. The number of aryl methyl sites for hydroxylation is 1. The Balaban J connectivity index is 1.50. The molecule has 0 radical (unpaired) electrons. The fourth-order valence-electron chi connectivity index (χ4n) is 2.36. The summed E-state index contributed by atoms with van der Waals surface area (Å²) < 4.78 is 10.0. The topological polar surface area (TPSA) is 140 Å². The van der Waals surface area contributed by atoms with Crippen molar-refractivity contribution in [3.05, 3.63) is 58.0 Å². The van der Waals surface area contributed by atoms with Crippen LogP contribution in [0.25, 0.3) is 22.6 Å². The number of H-pyrrole nitrogens is 1. The lowest BCUT2D eigenvalue weighted by atomic mass is 10.2. The number of aromatic amines is 1. The maximum atomic E-state index is 12.3. The zero-order valence-corrected chi connectivity index (χ0v) is 13.5. The molecule has 0 aliphatic heterocycles. The minimum absolute atomic E-state index is 0.0302. The first-order chi connectivity index (χ1) is 12.6. The van der Waals surface area contributed by atoms with Gasteiger partial charge in [-0.1, -0.05) is 10.3 Å². The third-order valence-electron chi connectivity index (χ3n) is 3.59. The number of hydrogen-bond acceptors (Lipinski definition) is 8. The zero-order chi connectivity index (χ0) is 18.1. The Labute approximate surface area is 145 Å². The molecule has 1 amide bonds. The van der Waals surface area contributed by atoms with Crippen LogP contribution in [0.5, 0.6) is 0 Å². The highest BCUT2D eigenvalue weighted by Crippen LogP contribution is 2.15. The molecule has 0 aromatic carbocycles. The number of fused-ring (bicyclic) bond motifs is 1. The Bertz CT molecular complexity index is 1160. The Morgan fingerprint density at radius 1 is 1.27 bits per heavy atom. The maximum Gasteiger partial charge on any atom is 0.262 e. The van der Waals surface area contributed by atoms with Crippen LogP contribution in [0.2, 0.25) is 0 Å². The number of pyridine rings is 2. The molecule has 0 atom stereocenters. The molecule has 4 heterocycles. The van der Waals surface area contributed by atoms with Crippen molar-refractivity contribution in [3.8, 4) is 11.5 Å². The molecule has 130 valence electrons. The quantitative estimate of drug-likeness (QED) is 0.558. The SMILES string of the molecule is Cc1cc(-c2noc(CNC(=O)c3cc4cccnc4[nH]c3=O)n2)no1. The summed E-state index contributed by atoms with van der Waals surface area (Å²) in [6.45, 7) is 1.71. The van der Waals surface area contributed by atoms with Gasteiger partial charge in [0.1, 0.15) is 17.0 Å². The van der Waals surface area contributed by atoms with Gasteiger partial charge in [-0.05, 0) is 25.1 Å². The average molecular weight is 352 g/mol. The van der Waals surface area contributed by atoms with E-state index in [2.05, 4.69) is 30.6 Å². The van der Waals surface area contributed by atoms with Gasteiger partial charge in [0.05, 0.1) is 6.54 Å². The van der Waals surface area contributed by atoms with E-state index in [1.54, 1.807) is 31.3 Å². The lowest BCUT2D eigenvalue weighted by molar-refractivity contribution is 0.0945. The van der Waals surface area contributed by atoms with Crippen LogP contribution in [0.4, 0.5) is 0 Å². The first-order valence-corrected chi connectivity index (χ1v) is 7.63. The van der Waals surface area contributed by atoms with Gasteiger partial charge in [0.15, 0.2) is 5.69 Å². The van der Waals surface area contributed by atoms with Crippen LogP contribution in [0.15, 0.2) is 44.3 Å². The van der Waals surface area contributed by atoms with E-state index in [1.165, 1.54) is 6.07 Å². The van der Waals surface area contributed by atoms with Crippen LogP contribution in [0.1, 0.15) is 22.0 Å². The summed E-state index contributed by atoms with van der Waals surface area (Å²) in [5, 5.41) is 10.8. The van der Waals surface area contributed by atoms with Crippen LogP contribution >= 0.6 is 0 Å². The molecular weight excluding hydrogens is 340 g/mol. The van der Waals surface area contributed by atoms with E-state index in [1.807, 2.05) is 0 Å². The van der Waals surface area contributed by atoms with Crippen LogP contribution in [0, 0.1) is 6.92 Å². The molecule has 0 fully saturated rings. The highest BCUT2D eigenvalue weighted by Gasteiger charge is 2.15. The summed E-state index contributed by atoms with van der Waals surface area (Å²) in [4.78, 5) is 35.1. The van der Waals surface area contributed by atoms with Crippen LogP contribution in [0.3, 0.4) is 0 Å². The van der Waals surface area contributed by atoms with Crippen LogP contribution in [-0.4, -0.2) is 31.2 Å². The number of nitrogens with zero attached hydrogens (tertiary/aromatic N) is 4. The van der Waals surface area contributed by atoms with Crippen molar-refractivity contribution in [2.24, 2.45) is 0 Å². The van der Waals surface area contributed by atoms with E-state index in [-0.39, 0.29) is 23.8 Å². The van der Waals surface area contributed by atoms with Gasteiger partial charge in [-0.25, -0.2) is 4.98 Å². The van der Waals surface area contributed by atoms with Crippen molar-refractivity contribution in [1.29, 1.82) is 0 Å². The van der Waals surface area contributed by atoms with Gasteiger partial charge in [0.25, 0.3) is 11.5 Å². The molecular formula is C16H12N6O4. The number of amides is 1. The second-order valence-electron chi connectivity index (χ2n) is 5.47. The number of nitrogens with one attached hydrogen (secondary N) is 2. The first-order valence-electron chi connectivity index (χ1n) is 7.63. The summed E-state index contributed by atoms with van der Waals surface area (Å²) >= 11 is 0. The summed E-state index contributed by atoms with van der Waals surface area (Å²) in [5.74, 6) is 0.479. The normalized spacial score (nSPS) is 11.0. The molecule has 4 aromatic rings. The van der Waals surface area contributed by atoms with E-state index in [0.717, 1.165) is 0 Å². The number of carbonyl (C=O) groups is 1. The Morgan fingerprint density at radius 3 is 2.96 bits per heavy atom. The molecule has 0 unspecified atom stereocenters. The molecule has 0 spiro atoms. The van der Waals surface area contributed by atoms with Gasteiger partial charge in [-0.15, -0.1) is 0 Å². The van der Waals surface area contributed by atoms with E-state index < -0.39 is 11.5 Å². The van der Waals surface area contributed by atoms with Crippen LogP contribution in [-0.2, 0) is 6.54 Å². The Kier molecular flexibility index (Phi) is 3.77. The van der Waals surface area contributed by atoms with Crippen molar-refractivity contribution in [1.82, 2.24) is 30.6 Å². The first kappa shape index (κ1) is 15.7. The number of carbonyl (C=O) groups excluding carboxylic acids is 1. The molecule has 4 rings (SSSR count). The summed E-state index contributed by atoms with van der Waals surface area (Å²) in [6, 6.07) is 6.61. The molecule has 0 aliphatic rings. The number of hydrogen-bond donors (Lipinski definition) is 2. The predicted molar refractivity (Wildman–Crippen MR) is 88.1 cm³/mol. The van der Waals surface area contributed by atoms with Gasteiger partial charge >= 0.3 is 0 Å². The highest BCUT2D eigenvalue weighted by molar-refractivity contribution is 5.96. The van der Waals surface area contributed by atoms with Gasteiger partial charge in [0.2, 0.25) is 11.7 Å². The number of aromatic nitrogens is 5. The second kappa shape index (κ2) is 6.24. The molecule has 0 bridgehead atoms.